The van der Waals surface area contributed by atoms with Crippen LogP contribution in [0.25, 0.3) is 5.03 Å². The highest BCUT2D eigenvalue weighted by atomic mass is 32.2. The summed E-state index contributed by atoms with van der Waals surface area (Å²) in [6.45, 7) is 1.75. The largest absolute Gasteiger partial charge is 0.429 e. The lowest BCUT2D eigenvalue weighted by molar-refractivity contribution is -0.175. The van der Waals surface area contributed by atoms with Gasteiger partial charge in [-0.25, -0.2) is 4.99 Å². The molecule has 1 aliphatic rings. The van der Waals surface area contributed by atoms with Gasteiger partial charge in [0.15, 0.2) is 0 Å². The zero-order valence-corrected chi connectivity index (χ0v) is 15.7. The molecular weight excluding hydrogens is 418 g/mol. The molecule has 3 nitrogen and oxygen atoms in total. The first kappa shape index (κ1) is 21.2. The van der Waals surface area contributed by atoms with Crippen LogP contribution in [-0.2, 0) is 11.2 Å². The molecule has 0 spiro atoms. The third-order valence-corrected chi connectivity index (χ3v) is 5.22. The van der Waals surface area contributed by atoms with Crippen LogP contribution in [0, 0.1) is 6.92 Å². The molecule has 0 aromatic heterocycles. The number of carbonyl (C=O) groups excluding carboxylic acids is 1. The molecule has 1 heterocycles. The van der Waals surface area contributed by atoms with Crippen LogP contribution in [0.15, 0.2) is 52.4 Å². The van der Waals surface area contributed by atoms with Gasteiger partial charge in [-0.05, 0) is 36.8 Å². The predicted octanol–water partition coefficient (Wildman–Crippen LogP) is 3.94. The van der Waals surface area contributed by atoms with Crippen LogP contribution >= 0.6 is 11.8 Å². The summed E-state index contributed by atoms with van der Waals surface area (Å²) in [4.78, 5) is 16.1. The fourth-order valence-electron chi connectivity index (χ4n) is 2.84. The van der Waals surface area contributed by atoms with E-state index in [1.165, 1.54) is 30.3 Å². The molecule has 29 heavy (non-hydrogen) atoms. The molecule has 10 heteroatoms. The molecule has 2 aromatic carbocycles. The standard InChI is InChI=1S/C19H14F6N2OS/c1-11-2-7-15-14(8-11)16(27(10-28)17(26-15)19(23,24)25)29-13-5-3-12(4-6-13)9-18(20,21)22/h2-8,10,17H,9H2,1H3. The number of hydrogen-bond donors (Lipinski definition) is 0. The van der Waals surface area contributed by atoms with E-state index >= 15 is 0 Å². The van der Waals surface area contributed by atoms with E-state index in [1.807, 2.05) is 0 Å². The smallest absolute Gasteiger partial charge is 0.278 e. The van der Waals surface area contributed by atoms with Gasteiger partial charge in [-0.15, -0.1) is 0 Å². The number of hydrogen-bond acceptors (Lipinski definition) is 3. The third-order valence-electron chi connectivity index (χ3n) is 4.09. The summed E-state index contributed by atoms with van der Waals surface area (Å²) in [6, 6.07) is 9.94. The summed E-state index contributed by atoms with van der Waals surface area (Å²) < 4.78 is 77.8. The van der Waals surface area contributed by atoms with Gasteiger partial charge >= 0.3 is 12.4 Å². The van der Waals surface area contributed by atoms with Gasteiger partial charge in [0.25, 0.3) is 0 Å². The van der Waals surface area contributed by atoms with Crippen LogP contribution in [-0.4, -0.2) is 29.8 Å². The van der Waals surface area contributed by atoms with Crippen LogP contribution in [0.2, 0.25) is 0 Å². The van der Waals surface area contributed by atoms with E-state index in [0.29, 0.717) is 15.0 Å². The van der Waals surface area contributed by atoms with Crippen molar-refractivity contribution in [3.05, 3.63) is 64.2 Å². The van der Waals surface area contributed by atoms with Crippen molar-refractivity contribution in [3.8, 4) is 0 Å². The average Bonchev–Trinajstić information content (AvgIpc) is 2.61. The first-order valence-electron chi connectivity index (χ1n) is 8.30. The van der Waals surface area contributed by atoms with Crippen molar-refractivity contribution >= 4 is 23.2 Å². The number of nitrogens with zero attached hydrogens (tertiary/aromatic N) is 2. The van der Waals surface area contributed by atoms with E-state index in [-0.39, 0.29) is 22.4 Å². The van der Waals surface area contributed by atoms with Crippen LogP contribution in [0.4, 0.5) is 26.3 Å². The van der Waals surface area contributed by atoms with E-state index in [1.54, 1.807) is 19.1 Å². The van der Waals surface area contributed by atoms with Gasteiger partial charge in [0.1, 0.15) is 0 Å². The van der Waals surface area contributed by atoms with Gasteiger partial charge in [0, 0.05) is 10.1 Å². The molecule has 0 radical (unpaired) electrons. The quantitative estimate of drug-likeness (QED) is 0.542. The fraction of sp³-hybridized carbons (Fsp3) is 0.263. The molecule has 1 aliphatic heterocycles. The van der Waals surface area contributed by atoms with E-state index in [0.717, 1.165) is 17.3 Å². The maximum Gasteiger partial charge on any atom is 0.429 e. The third kappa shape index (κ3) is 4.92. The van der Waals surface area contributed by atoms with Gasteiger partial charge in [0.05, 0.1) is 16.8 Å². The van der Waals surface area contributed by atoms with Crippen LogP contribution in [0.3, 0.4) is 0 Å². The number of rotatable bonds is 4. The zero-order chi connectivity index (χ0) is 21.4. The van der Waals surface area contributed by atoms with Crippen molar-refractivity contribution in [2.75, 3.05) is 0 Å². The van der Waals surface area contributed by atoms with Crippen molar-refractivity contribution in [2.24, 2.45) is 4.99 Å². The first-order valence-corrected chi connectivity index (χ1v) is 9.12. The lowest BCUT2D eigenvalue weighted by atomic mass is 10.1. The number of aryl methyl sites for hydroxylation is 1. The minimum absolute atomic E-state index is 0.0135. The van der Waals surface area contributed by atoms with Crippen molar-refractivity contribution in [2.45, 2.75) is 36.8 Å². The Balaban J connectivity index is 2.06. The monoisotopic (exact) mass is 432 g/mol. The second kappa shape index (κ2) is 7.74. The zero-order valence-electron chi connectivity index (χ0n) is 14.9. The average molecular weight is 432 g/mol. The van der Waals surface area contributed by atoms with E-state index in [4.69, 9.17) is 0 Å². The molecule has 3 rings (SSSR count). The summed E-state index contributed by atoms with van der Waals surface area (Å²) in [5.74, 6) is 0. The van der Waals surface area contributed by atoms with Crippen LogP contribution in [0.1, 0.15) is 11.1 Å². The second-order valence-electron chi connectivity index (χ2n) is 6.42. The number of halogens is 6. The maximum atomic E-state index is 13.5. The molecule has 0 fully saturated rings. The molecule has 154 valence electrons. The molecule has 0 saturated carbocycles. The number of thioether (sulfide) groups is 1. The Morgan fingerprint density at radius 3 is 2.28 bits per heavy atom. The topological polar surface area (TPSA) is 32.7 Å². The van der Waals surface area contributed by atoms with Crippen molar-refractivity contribution < 1.29 is 31.1 Å². The maximum absolute atomic E-state index is 13.5. The van der Waals surface area contributed by atoms with E-state index < -0.39 is 24.9 Å². The van der Waals surface area contributed by atoms with E-state index in [2.05, 4.69) is 4.99 Å². The minimum atomic E-state index is -4.79. The van der Waals surface area contributed by atoms with E-state index in [9.17, 15) is 31.1 Å². The molecule has 2 aromatic rings. The lowest BCUT2D eigenvalue weighted by Crippen LogP contribution is -2.50. The summed E-state index contributed by atoms with van der Waals surface area (Å²) in [7, 11) is 0. The molecule has 1 unspecified atom stereocenters. The van der Waals surface area contributed by atoms with Gasteiger partial charge in [-0.3, -0.25) is 9.69 Å². The van der Waals surface area contributed by atoms with Gasteiger partial charge < -0.3 is 0 Å². The first-order chi connectivity index (χ1) is 13.5. The Morgan fingerprint density at radius 2 is 1.72 bits per heavy atom. The summed E-state index contributed by atoms with van der Waals surface area (Å²) >= 11 is 0.865. The molecule has 1 amide bonds. The Kier molecular flexibility index (Phi) is 5.66. The lowest BCUT2D eigenvalue weighted by Gasteiger charge is -2.31. The molecule has 0 aliphatic carbocycles. The highest BCUT2D eigenvalue weighted by Gasteiger charge is 2.46. The Hall–Kier alpha value is -2.49. The number of amides is 1. The summed E-state index contributed by atoms with van der Waals surface area (Å²) in [5, 5.41) is 0.453. The molecule has 0 bridgehead atoms. The Morgan fingerprint density at radius 1 is 1.07 bits per heavy atom. The molecule has 1 atom stereocenters. The van der Waals surface area contributed by atoms with Gasteiger partial charge in [-0.2, -0.15) is 26.3 Å². The summed E-state index contributed by atoms with van der Waals surface area (Å²) in [6.07, 6.45) is -12.6. The van der Waals surface area contributed by atoms with Crippen LogP contribution < -0.4 is 10.6 Å². The number of alkyl halides is 6. The SMILES string of the molecule is Cc1ccc2c(c1)=C(Sc1ccc(CC(F)(F)F)cc1)N(C=O)C(C(F)(F)F)N=2. The summed E-state index contributed by atoms with van der Waals surface area (Å²) in [5.41, 5.74) is 0.788. The second-order valence-corrected chi connectivity index (χ2v) is 7.48. The van der Waals surface area contributed by atoms with Crippen molar-refractivity contribution in [1.82, 2.24) is 4.90 Å². The fourth-order valence-corrected chi connectivity index (χ4v) is 3.86. The normalized spacial score (nSPS) is 17.0. The Bertz CT molecular complexity index is 1030. The van der Waals surface area contributed by atoms with Crippen molar-refractivity contribution in [3.63, 3.8) is 0 Å². The highest BCUT2D eigenvalue weighted by Crippen LogP contribution is 2.36. The van der Waals surface area contributed by atoms with Gasteiger partial charge in [0.2, 0.25) is 12.6 Å². The number of benzene rings is 2. The van der Waals surface area contributed by atoms with Crippen molar-refractivity contribution in [1.29, 1.82) is 0 Å². The highest BCUT2D eigenvalue weighted by molar-refractivity contribution is 8.07. The predicted molar refractivity (Wildman–Crippen MR) is 95.2 cm³/mol. The molecular formula is C19H14F6N2OS. The molecule has 0 saturated heterocycles. The van der Waals surface area contributed by atoms with Gasteiger partial charge in [-0.1, -0.05) is 35.5 Å². The number of carbonyl (C=O) groups is 1. The Labute approximate surface area is 165 Å². The molecule has 0 N–H and O–H groups in total. The number of fused-ring (bicyclic) bond motifs is 1. The van der Waals surface area contributed by atoms with Crippen LogP contribution in [0.5, 0.6) is 0 Å². The minimum Gasteiger partial charge on any atom is -0.278 e.